The lowest BCUT2D eigenvalue weighted by Crippen LogP contribution is -2.48. The molecule has 0 aromatic rings. The molecule has 17 heavy (non-hydrogen) atoms. The van der Waals surface area contributed by atoms with E-state index in [-0.39, 0.29) is 5.91 Å². The highest BCUT2D eigenvalue weighted by Gasteiger charge is 2.19. The molecule has 1 heterocycles. The summed E-state index contributed by atoms with van der Waals surface area (Å²) in [5, 5.41) is 0. The van der Waals surface area contributed by atoms with Gasteiger partial charge in [-0.05, 0) is 5.57 Å². The number of carbonyl (C=O) groups is 1. The van der Waals surface area contributed by atoms with Crippen molar-refractivity contribution in [1.29, 1.82) is 0 Å². The number of carbonyl (C=O) groups excluding carboxylic acids is 1. The van der Waals surface area contributed by atoms with Crippen LogP contribution in [0.4, 0.5) is 0 Å². The molecule has 0 atom stereocenters. The van der Waals surface area contributed by atoms with Gasteiger partial charge in [0.2, 0.25) is 5.91 Å². The largest absolute Gasteiger partial charge is 0.340 e. The molecule has 0 unspecified atom stereocenters. The lowest BCUT2D eigenvalue weighted by molar-refractivity contribution is -0.132. The smallest absolute Gasteiger partial charge is 0.222 e. The Labute approximate surface area is 104 Å². The van der Waals surface area contributed by atoms with Crippen LogP contribution in [-0.2, 0) is 4.79 Å². The minimum atomic E-state index is 0.259. The molecule has 0 aromatic carbocycles. The van der Waals surface area contributed by atoms with Gasteiger partial charge < -0.3 is 4.90 Å². The molecule has 1 aliphatic rings. The molecule has 1 aliphatic heterocycles. The predicted molar refractivity (Wildman–Crippen MR) is 71.8 cm³/mol. The molecule has 3 nitrogen and oxygen atoms in total. The molecule has 94 valence electrons. The molecule has 1 rings (SSSR count). The second kappa shape index (κ2) is 7.07. The zero-order valence-corrected chi connectivity index (χ0v) is 10.7. The summed E-state index contributed by atoms with van der Waals surface area (Å²) in [6, 6.07) is 0. The van der Waals surface area contributed by atoms with Gasteiger partial charge in [0.15, 0.2) is 0 Å². The Morgan fingerprint density at radius 1 is 1.24 bits per heavy atom. The summed E-state index contributed by atoms with van der Waals surface area (Å²) in [7, 11) is 0. The van der Waals surface area contributed by atoms with Crippen molar-refractivity contribution in [2.24, 2.45) is 0 Å². The van der Waals surface area contributed by atoms with Crippen molar-refractivity contribution < 1.29 is 4.79 Å². The third-order valence-electron chi connectivity index (χ3n) is 3.03. The van der Waals surface area contributed by atoms with E-state index in [2.05, 4.69) is 18.1 Å². The summed E-state index contributed by atoms with van der Waals surface area (Å²) in [4.78, 5) is 15.8. The van der Waals surface area contributed by atoms with E-state index in [0.717, 1.165) is 32.7 Å². The molecular formula is C14H22N2O. The number of hydrogen-bond acceptors (Lipinski definition) is 2. The van der Waals surface area contributed by atoms with Gasteiger partial charge in [-0.1, -0.05) is 38.3 Å². The second-order valence-corrected chi connectivity index (χ2v) is 4.19. The third-order valence-corrected chi connectivity index (χ3v) is 3.03. The van der Waals surface area contributed by atoms with Crippen LogP contribution in [0.5, 0.6) is 0 Å². The molecule has 0 N–H and O–H groups in total. The van der Waals surface area contributed by atoms with Crippen LogP contribution in [0.2, 0.25) is 0 Å². The maximum absolute atomic E-state index is 11.5. The maximum atomic E-state index is 11.5. The van der Waals surface area contributed by atoms with Crippen LogP contribution in [-0.4, -0.2) is 48.4 Å². The van der Waals surface area contributed by atoms with E-state index >= 15 is 0 Å². The van der Waals surface area contributed by atoms with Crippen LogP contribution in [0.15, 0.2) is 37.0 Å². The molecule has 1 saturated heterocycles. The lowest BCUT2D eigenvalue weighted by atomic mass is 10.2. The topological polar surface area (TPSA) is 23.6 Å². The van der Waals surface area contributed by atoms with Crippen LogP contribution < -0.4 is 0 Å². The van der Waals surface area contributed by atoms with Crippen LogP contribution in [0, 0.1) is 0 Å². The summed E-state index contributed by atoms with van der Waals surface area (Å²) >= 11 is 0. The summed E-state index contributed by atoms with van der Waals surface area (Å²) in [5.74, 6) is 0.259. The van der Waals surface area contributed by atoms with Crippen LogP contribution >= 0.6 is 0 Å². The Hall–Kier alpha value is -1.35. The van der Waals surface area contributed by atoms with E-state index in [4.69, 9.17) is 0 Å². The summed E-state index contributed by atoms with van der Waals surface area (Å²) in [5.41, 5.74) is 1.18. The molecule has 0 aliphatic carbocycles. The molecular weight excluding hydrogens is 212 g/mol. The number of amides is 1. The van der Waals surface area contributed by atoms with Crippen molar-refractivity contribution in [1.82, 2.24) is 9.80 Å². The molecule has 0 bridgehead atoms. The highest BCUT2D eigenvalue weighted by atomic mass is 16.2. The first kappa shape index (κ1) is 13.7. The molecule has 0 radical (unpaired) electrons. The van der Waals surface area contributed by atoms with E-state index in [1.807, 2.05) is 24.0 Å². The first-order valence-electron chi connectivity index (χ1n) is 6.15. The summed E-state index contributed by atoms with van der Waals surface area (Å²) in [6.45, 7) is 13.8. The average Bonchev–Trinajstić information content (AvgIpc) is 2.38. The Bertz CT molecular complexity index is 312. The van der Waals surface area contributed by atoms with Gasteiger partial charge in [-0.25, -0.2) is 0 Å². The minimum absolute atomic E-state index is 0.259. The van der Waals surface area contributed by atoms with Crippen molar-refractivity contribution >= 4 is 5.91 Å². The molecule has 1 fully saturated rings. The fourth-order valence-electron chi connectivity index (χ4n) is 1.97. The summed E-state index contributed by atoms with van der Waals surface area (Å²) < 4.78 is 0. The first-order valence-corrected chi connectivity index (χ1v) is 6.15. The molecule has 0 saturated carbocycles. The van der Waals surface area contributed by atoms with Crippen molar-refractivity contribution in [3.63, 3.8) is 0 Å². The normalized spacial score (nSPS) is 17.9. The number of piperazine rings is 1. The van der Waals surface area contributed by atoms with E-state index in [9.17, 15) is 4.79 Å². The number of rotatable bonds is 5. The zero-order valence-electron chi connectivity index (χ0n) is 10.7. The van der Waals surface area contributed by atoms with Crippen molar-refractivity contribution in [2.75, 3.05) is 32.7 Å². The number of allylic oxidation sites excluding steroid dienone is 2. The van der Waals surface area contributed by atoms with E-state index < -0.39 is 0 Å². The third kappa shape index (κ3) is 4.19. The van der Waals surface area contributed by atoms with E-state index in [0.29, 0.717) is 6.42 Å². The van der Waals surface area contributed by atoms with Crippen molar-refractivity contribution in [2.45, 2.75) is 13.3 Å². The monoisotopic (exact) mass is 234 g/mol. The fourth-order valence-corrected chi connectivity index (χ4v) is 1.97. The zero-order chi connectivity index (χ0) is 12.7. The average molecular weight is 234 g/mol. The van der Waals surface area contributed by atoms with Gasteiger partial charge in [0.1, 0.15) is 0 Å². The Kier molecular flexibility index (Phi) is 5.70. The highest BCUT2D eigenvalue weighted by Crippen LogP contribution is 2.07. The van der Waals surface area contributed by atoms with E-state index in [1.165, 1.54) is 5.57 Å². The summed E-state index contributed by atoms with van der Waals surface area (Å²) in [6.07, 6.45) is 6.24. The van der Waals surface area contributed by atoms with Crippen LogP contribution in [0.25, 0.3) is 0 Å². The Balaban J connectivity index is 2.41. The standard InChI is InChI=1S/C14H22N2O/c1-4-7-13(5-2)12-15-8-10-16(11-9-15)14(17)6-3/h4-5,7H,1-2,6,8-12H2,3H3/b13-7+. The molecule has 0 aromatic heterocycles. The SMILES string of the molecule is C=C/C=C(\C=C)CN1CCN(C(=O)CC)CC1. The lowest BCUT2D eigenvalue weighted by Gasteiger charge is -2.34. The Morgan fingerprint density at radius 3 is 2.35 bits per heavy atom. The van der Waals surface area contributed by atoms with Gasteiger partial charge in [-0.2, -0.15) is 0 Å². The Morgan fingerprint density at radius 2 is 1.88 bits per heavy atom. The molecule has 0 spiro atoms. The van der Waals surface area contributed by atoms with Gasteiger partial charge >= 0.3 is 0 Å². The second-order valence-electron chi connectivity index (χ2n) is 4.19. The fraction of sp³-hybridized carbons (Fsp3) is 0.500. The quantitative estimate of drug-likeness (QED) is 0.678. The van der Waals surface area contributed by atoms with Gasteiger partial charge in [0, 0.05) is 39.1 Å². The number of hydrogen-bond donors (Lipinski definition) is 0. The molecule has 3 heteroatoms. The van der Waals surface area contributed by atoms with Crippen molar-refractivity contribution in [3.8, 4) is 0 Å². The molecule has 1 amide bonds. The minimum Gasteiger partial charge on any atom is -0.340 e. The number of nitrogens with zero attached hydrogens (tertiary/aromatic N) is 2. The van der Waals surface area contributed by atoms with Crippen LogP contribution in [0.3, 0.4) is 0 Å². The predicted octanol–water partition coefficient (Wildman–Crippen LogP) is 1.84. The van der Waals surface area contributed by atoms with Gasteiger partial charge in [0.05, 0.1) is 0 Å². The van der Waals surface area contributed by atoms with Gasteiger partial charge in [-0.15, -0.1) is 0 Å². The highest BCUT2D eigenvalue weighted by molar-refractivity contribution is 5.75. The van der Waals surface area contributed by atoms with E-state index in [1.54, 1.807) is 6.08 Å². The van der Waals surface area contributed by atoms with Gasteiger partial charge in [-0.3, -0.25) is 9.69 Å². The van der Waals surface area contributed by atoms with Gasteiger partial charge in [0.25, 0.3) is 0 Å². The first-order chi connectivity index (χ1) is 8.21. The van der Waals surface area contributed by atoms with Crippen LogP contribution in [0.1, 0.15) is 13.3 Å². The maximum Gasteiger partial charge on any atom is 0.222 e. The van der Waals surface area contributed by atoms with Crippen molar-refractivity contribution in [3.05, 3.63) is 37.0 Å².